The number of nitrogens with zero attached hydrogens (tertiary/aromatic N) is 1. The lowest BCUT2D eigenvalue weighted by atomic mass is 10.2. The molecule has 0 heterocycles. The molecular formula is C13H28N2O. The van der Waals surface area contributed by atoms with Crippen LogP contribution in [0.2, 0.25) is 0 Å². The number of methoxy groups -OCH3 is 1. The molecule has 1 fully saturated rings. The Morgan fingerprint density at radius 1 is 1.38 bits per heavy atom. The van der Waals surface area contributed by atoms with Crippen LogP contribution in [0.4, 0.5) is 0 Å². The molecule has 1 saturated carbocycles. The average molecular weight is 228 g/mol. The Bertz CT molecular complexity index is 181. The summed E-state index contributed by atoms with van der Waals surface area (Å²) in [5, 5.41) is 3.53. The molecule has 0 aromatic rings. The van der Waals surface area contributed by atoms with Crippen molar-refractivity contribution in [1.29, 1.82) is 0 Å². The fraction of sp³-hybridized carbons (Fsp3) is 1.00. The van der Waals surface area contributed by atoms with Gasteiger partial charge >= 0.3 is 0 Å². The number of nitrogens with one attached hydrogen (secondary N) is 1. The zero-order chi connectivity index (χ0) is 12.0. The molecule has 1 aliphatic carbocycles. The van der Waals surface area contributed by atoms with Crippen LogP contribution in [-0.2, 0) is 4.74 Å². The molecule has 0 aromatic carbocycles. The van der Waals surface area contributed by atoms with Gasteiger partial charge in [0.25, 0.3) is 0 Å². The molecule has 1 rings (SSSR count). The molecule has 0 bridgehead atoms. The Balaban J connectivity index is 2.43. The summed E-state index contributed by atoms with van der Waals surface area (Å²) in [5.74, 6) is 0. The Labute approximate surface area is 101 Å². The molecule has 1 aliphatic rings. The van der Waals surface area contributed by atoms with Gasteiger partial charge in [-0.3, -0.25) is 4.90 Å². The van der Waals surface area contributed by atoms with Gasteiger partial charge in [-0.05, 0) is 25.8 Å². The minimum atomic E-state index is 0.542. The van der Waals surface area contributed by atoms with Gasteiger partial charge in [0, 0.05) is 31.8 Å². The van der Waals surface area contributed by atoms with E-state index in [0.29, 0.717) is 12.1 Å². The van der Waals surface area contributed by atoms with Crippen LogP contribution >= 0.6 is 0 Å². The second-order valence-electron chi connectivity index (χ2n) is 5.14. The van der Waals surface area contributed by atoms with Crippen LogP contribution < -0.4 is 5.32 Å². The Morgan fingerprint density at radius 2 is 2.06 bits per heavy atom. The van der Waals surface area contributed by atoms with E-state index in [4.69, 9.17) is 4.74 Å². The average Bonchev–Trinajstić information content (AvgIpc) is 3.05. The van der Waals surface area contributed by atoms with Gasteiger partial charge in [0.2, 0.25) is 0 Å². The summed E-state index contributed by atoms with van der Waals surface area (Å²) >= 11 is 0. The molecule has 0 aliphatic heterocycles. The molecule has 3 nitrogen and oxygen atoms in total. The van der Waals surface area contributed by atoms with Gasteiger partial charge < -0.3 is 10.1 Å². The SMILES string of the molecule is CCCN(C1CC1)C(CNC(C)C)COC. The quantitative estimate of drug-likeness (QED) is 0.652. The van der Waals surface area contributed by atoms with Crippen LogP contribution in [0, 0.1) is 0 Å². The highest BCUT2D eigenvalue weighted by Gasteiger charge is 2.33. The van der Waals surface area contributed by atoms with Gasteiger partial charge in [-0.15, -0.1) is 0 Å². The van der Waals surface area contributed by atoms with Crippen LogP contribution in [0.5, 0.6) is 0 Å². The maximum atomic E-state index is 5.36. The molecule has 16 heavy (non-hydrogen) atoms. The van der Waals surface area contributed by atoms with Crippen LogP contribution in [0.3, 0.4) is 0 Å². The second kappa shape index (κ2) is 7.25. The van der Waals surface area contributed by atoms with Crippen LogP contribution in [-0.4, -0.2) is 49.8 Å². The third-order valence-electron chi connectivity index (χ3n) is 3.09. The topological polar surface area (TPSA) is 24.5 Å². The lowest BCUT2D eigenvalue weighted by molar-refractivity contribution is 0.0827. The first-order valence-electron chi connectivity index (χ1n) is 6.67. The first kappa shape index (κ1) is 13.9. The number of rotatable bonds is 9. The smallest absolute Gasteiger partial charge is 0.0630 e. The molecular weight excluding hydrogens is 200 g/mol. The first-order chi connectivity index (χ1) is 7.69. The maximum Gasteiger partial charge on any atom is 0.0630 e. The molecule has 0 aromatic heterocycles. The van der Waals surface area contributed by atoms with Crippen molar-refractivity contribution in [3.63, 3.8) is 0 Å². The lowest BCUT2D eigenvalue weighted by Crippen LogP contribution is -2.48. The minimum absolute atomic E-state index is 0.542. The van der Waals surface area contributed by atoms with Crippen LogP contribution in [0.25, 0.3) is 0 Å². The molecule has 0 spiro atoms. The van der Waals surface area contributed by atoms with Gasteiger partial charge in [0.1, 0.15) is 0 Å². The van der Waals surface area contributed by atoms with Crippen molar-refractivity contribution in [1.82, 2.24) is 10.2 Å². The molecule has 1 unspecified atom stereocenters. The van der Waals surface area contributed by atoms with E-state index < -0.39 is 0 Å². The van der Waals surface area contributed by atoms with Crippen molar-refractivity contribution in [2.24, 2.45) is 0 Å². The number of ether oxygens (including phenoxy) is 1. The molecule has 0 radical (unpaired) electrons. The molecule has 96 valence electrons. The number of hydrogen-bond donors (Lipinski definition) is 1. The Hall–Kier alpha value is -0.120. The van der Waals surface area contributed by atoms with Crippen molar-refractivity contribution in [2.45, 2.75) is 58.2 Å². The van der Waals surface area contributed by atoms with Crippen LogP contribution in [0.1, 0.15) is 40.0 Å². The normalized spacial score (nSPS) is 18.4. The monoisotopic (exact) mass is 228 g/mol. The zero-order valence-electron chi connectivity index (χ0n) is 11.3. The van der Waals surface area contributed by atoms with E-state index in [9.17, 15) is 0 Å². The fourth-order valence-electron chi connectivity index (χ4n) is 2.16. The van der Waals surface area contributed by atoms with Crippen molar-refractivity contribution < 1.29 is 4.74 Å². The van der Waals surface area contributed by atoms with Crippen molar-refractivity contribution >= 4 is 0 Å². The molecule has 1 atom stereocenters. The zero-order valence-corrected chi connectivity index (χ0v) is 11.3. The lowest BCUT2D eigenvalue weighted by Gasteiger charge is -2.32. The van der Waals surface area contributed by atoms with Gasteiger partial charge in [-0.1, -0.05) is 20.8 Å². The number of hydrogen-bond acceptors (Lipinski definition) is 3. The molecule has 3 heteroatoms. The van der Waals surface area contributed by atoms with Crippen LogP contribution in [0.15, 0.2) is 0 Å². The largest absolute Gasteiger partial charge is 0.383 e. The highest BCUT2D eigenvalue weighted by molar-refractivity contribution is 4.89. The molecule has 0 saturated heterocycles. The predicted molar refractivity (Wildman–Crippen MR) is 68.8 cm³/mol. The molecule has 1 N–H and O–H groups in total. The summed E-state index contributed by atoms with van der Waals surface area (Å²) in [6, 6.07) is 1.93. The summed E-state index contributed by atoms with van der Waals surface area (Å²) in [5.41, 5.74) is 0. The van der Waals surface area contributed by atoms with E-state index in [2.05, 4.69) is 31.0 Å². The standard InChI is InChI=1S/C13H28N2O/c1-5-8-15(12-6-7-12)13(10-16-4)9-14-11(2)3/h11-14H,5-10H2,1-4H3. The second-order valence-corrected chi connectivity index (χ2v) is 5.14. The third kappa shape index (κ3) is 4.81. The van der Waals surface area contributed by atoms with Crippen molar-refractivity contribution in [3.8, 4) is 0 Å². The third-order valence-corrected chi connectivity index (χ3v) is 3.09. The highest BCUT2D eigenvalue weighted by atomic mass is 16.5. The van der Waals surface area contributed by atoms with Crippen molar-refractivity contribution in [3.05, 3.63) is 0 Å². The Morgan fingerprint density at radius 3 is 2.50 bits per heavy atom. The summed E-state index contributed by atoms with van der Waals surface area (Å²) in [6.07, 6.45) is 3.99. The summed E-state index contributed by atoms with van der Waals surface area (Å²) in [6.45, 7) is 9.75. The van der Waals surface area contributed by atoms with Gasteiger partial charge in [-0.25, -0.2) is 0 Å². The predicted octanol–water partition coefficient (Wildman–Crippen LogP) is 1.87. The Kier molecular flexibility index (Phi) is 6.32. The summed E-state index contributed by atoms with van der Waals surface area (Å²) < 4.78 is 5.36. The van der Waals surface area contributed by atoms with E-state index in [1.807, 2.05) is 0 Å². The maximum absolute atomic E-state index is 5.36. The van der Waals surface area contributed by atoms with Crippen molar-refractivity contribution in [2.75, 3.05) is 26.8 Å². The van der Waals surface area contributed by atoms with Gasteiger partial charge in [0.15, 0.2) is 0 Å². The van der Waals surface area contributed by atoms with E-state index in [-0.39, 0.29) is 0 Å². The first-order valence-corrected chi connectivity index (χ1v) is 6.67. The van der Waals surface area contributed by atoms with Gasteiger partial charge in [-0.2, -0.15) is 0 Å². The van der Waals surface area contributed by atoms with E-state index in [0.717, 1.165) is 19.2 Å². The highest BCUT2D eigenvalue weighted by Crippen LogP contribution is 2.28. The molecule has 0 amide bonds. The summed E-state index contributed by atoms with van der Waals surface area (Å²) in [7, 11) is 1.80. The van der Waals surface area contributed by atoms with E-state index >= 15 is 0 Å². The van der Waals surface area contributed by atoms with E-state index in [1.165, 1.54) is 25.8 Å². The summed E-state index contributed by atoms with van der Waals surface area (Å²) in [4.78, 5) is 2.64. The fourth-order valence-corrected chi connectivity index (χ4v) is 2.16. The van der Waals surface area contributed by atoms with Gasteiger partial charge in [0.05, 0.1) is 6.61 Å². The minimum Gasteiger partial charge on any atom is -0.383 e. The van der Waals surface area contributed by atoms with E-state index in [1.54, 1.807) is 7.11 Å².